The molecule has 0 atom stereocenters. The molecule has 0 radical (unpaired) electrons. The molecule has 1 aliphatic heterocycles. The van der Waals surface area contributed by atoms with Gasteiger partial charge in [-0.25, -0.2) is 4.98 Å². The Morgan fingerprint density at radius 3 is 2.64 bits per heavy atom. The number of aromatic nitrogens is 1. The normalized spacial score (nSPS) is 13.9. The summed E-state index contributed by atoms with van der Waals surface area (Å²) in [6, 6.07) is 12.6. The van der Waals surface area contributed by atoms with Gasteiger partial charge in [0.25, 0.3) is 0 Å². The Hall–Kier alpha value is -3.46. The first-order valence-electron chi connectivity index (χ1n) is 7.91. The Morgan fingerprint density at radius 1 is 1.24 bits per heavy atom. The zero-order valence-electron chi connectivity index (χ0n) is 13.5. The highest BCUT2D eigenvalue weighted by atomic mass is 16.2. The van der Waals surface area contributed by atoms with Crippen LogP contribution in [0.25, 0.3) is 6.08 Å². The maximum atomic E-state index is 11.9. The maximum absolute atomic E-state index is 11.9. The summed E-state index contributed by atoms with van der Waals surface area (Å²) in [5.74, 6) is 0.227. The molecule has 1 fully saturated rings. The Balaban J connectivity index is 1.60. The number of hydrogen-bond acceptors (Lipinski definition) is 4. The molecule has 1 N–H and O–H groups in total. The van der Waals surface area contributed by atoms with Crippen molar-refractivity contribution < 1.29 is 9.59 Å². The third-order valence-corrected chi connectivity index (χ3v) is 3.85. The van der Waals surface area contributed by atoms with E-state index in [1.54, 1.807) is 23.1 Å². The molecule has 25 heavy (non-hydrogen) atoms. The fraction of sp³-hybridized carbons (Fsp3) is 0.158. The third-order valence-electron chi connectivity index (χ3n) is 3.85. The third kappa shape index (κ3) is 4.09. The molecular formula is C19H16N4O2. The summed E-state index contributed by atoms with van der Waals surface area (Å²) in [6.45, 7) is 0.758. The monoisotopic (exact) mass is 332 g/mol. The van der Waals surface area contributed by atoms with E-state index in [0.29, 0.717) is 17.8 Å². The van der Waals surface area contributed by atoms with Crippen molar-refractivity contribution in [1.82, 2.24) is 4.98 Å². The zero-order valence-corrected chi connectivity index (χ0v) is 13.5. The molecule has 1 aromatic heterocycles. The predicted molar refractivity (Wildman–Crippen MR) is 94.6 cm³/mol. The van der Waals surface area contributed by atoms with Gasteiger partial charge >= 0.3 is 0 Å². The molecular weight excluding hydrogens is 316 g/mol. The van der Waals surface area contributed by atoms with Gasteiger partial charge in [-0.15, -0.1) is 0 Å². The van der Waals surface area contributed by atoms with Crippen molar-refractivity contribution in [1.29, 1.82) is 5.26 Å². The van der Waals surface area contributed by atoms with Crippen molar-refractivity contribution in [3.05, 3.63) is 59.8 Å². The van der Waals surface area contributed by atoms with Crippen LogP contribution in [0.1, 0.15) is 24.0 Å². The van der Waals surface area contributed by atoms with Crippen LogP contribution in [0.3, 0.4) is 0 Å². The highest BCUT2D eigenvalue weighted by Crippen LogP contribution is 2.21. The first-order chi connectivity index (χ1) is 12.2. The van der Waals surface area contributed by atoms with Crippen molar-refractivity contribution in [2.45, 2.75) is 12.8 Å². The first kappa shape index (κ1) is 16.4. The molecule has 2 amide bonds. The van der Waals surface area contributed by atoms with E-state index in [0.717, 1.165) is 24.2 Å². The topological polar surface area (TPSA) is 86.1 Å². The molecule has 124 valence electrons. The van der Waals surface area contributed by atoms with Crippen molar-refractivity contribution in [2.24, 2.45) is 0 Å². The summed E-state index contributed by atoms with van der Waals surface area (Å²) >= 11 is 0. The molecule has 0 bridgehead atoms. The fourth-order valence-corrected chi connectivity index (χ4v) is 2.56. The SMILES string of the molecule is N#Cc1ccc(NC(=O)/C=C\c2ccc(N3CCCC3=O)cc2)nc1. The number of nitrogens with one attached hydrogen (secondary N) is 1. The molecule has 2 heterocycles. The average Bonchev–Trinajstić information content (AvgIpc) is 3.07. The van der Waals surface area contributed by atoms with Crippen LogP contribution in [0.5, 0.6) is 0 Å². The molecule has 0 spiro atoms. The number of pyridine rings is 1. The van der Waals surface area contributed by atoms with E-state index >= 15 is 0 Å². The number of anilines is 2. The molecule has 1 aliphatic rings. The lowest BCUT2D eigenvalue weighted by Crippen LogP contribution is -2.23. The van der Waals surface area contributed by atoms with Gasteiger partial charge in [-0.3, -0.25) is 9.59 Å². The van der Waals surface area contributed by atoms with Crippen molar-refractivity contribution in [3.63, 3.8) is 0 Å². The summed E-state index contributed by atoms with van der Waals surface area (Å²) in [5.41, 5.74) is 2.18. The molecule has 1 aromatic carbocycles. The summed E-state index contributed by atoms with van der Waals surface area (Å²) in [6.07, 6.45) is 6.00. The Kier molecular flexibility index (Phi) is 4.86. The molecule has 6 heteroatoms. The van der Waals surface area contributed by atoms with Crippen LogP contribution in [0.2, 0.25) is 0 Å². The zero-order chi connectivity index (χ0) is 17.6. The van der Waals surface area contributed by atoms with E-state index in [1.807, 2.05) is 30.3 Å². The van der Waals surface area contributed by atoms with Crippen LogP contribution in [0, 0.1) is 11.3 Å². The number of nitrogens with zero attached hydrogens (tertiary/aromatic N) is 3. The van der Waals surface area contributed by atoms with E-state index < -0.39 is 0 Å². The van der Waals surface area contributed by atoms with Crippen LogP contribution in [0.4, 0.5) is 11.5 Å². The van der Waals surface area contributed by atoms with Gasteiger partial charge in [-0.1, -0.05) is 12.1 Å². The molecule has 0 aliphatic carbocycles. The van der Waals surface area contributed by atoms with Crippen molar-refractivity contribution in [3.8, 4) is 6.07 Å². The summed E-state index contributed by atoms with van der Waals surface area (Å²) < 4.78 is 0. The van der Waals surface area contributed by atoms with E-state index in [9.17, 15) is 9.59 Å². The Labute approximate surface area is 145 Å². The lowest BCUT2D eigenvalue weighted by atomic mass is 10.2. The van der Waals surface area contributed by atoms with E-state index in [4.69, 9.17) is 5.26 Å². The van der Waals surface area contributed by atoms with Crippen molar-refractivity contribution >= 4 is 29.4 Å². The number of amides is 2. The highest BCUT2D eigenvalue weighted by Gasteiger charge is 2.21. The minimum Gasteiger partial charge on any atom is -0.312 e. The summed E-state index contributed by atoms with van der Waals surface area (Å²) in [7, 11) is 0. The number of carbonyl (C=O) groups excluding carboxylic acids is 2. The van der Waals surface area contributed by atoms with E-state index in [2.05, 4.69) is 10.3 Å². The van der Waals surface area contributed by atoms with Gasteiger partial charge in [0, 0.05) is 30.9 Å². The number of hydrogen-bond donors (Lipinski definition) is 1. The minimum absolute atomic E-state index is 0.151. The average molecular weight is 332 g/mol. The van der Waals surface area contributed by atoms with Gasteiger partial charge in [0.1, 0.15) is 11.9 Å². The molecule has 1 saturated heterocycles. The first-order valence-corrected chi connectivity index (χ1v) is 7.91. The summed E-state index contributed by atoms with van der Waals surface area (Å²) in [5, 5.41) is 11.3. The lowest BCUT2D eigenvalue weighted by Gasteiger charge is -2.15. The fourth-order valence-electron chi connectivity index (χ4n) is 2.56. The van der Waals surface area contributed by atoms with Crippen LogP contribution < -0.4 is 10.2 Å². The second-order valence-electron chi connectivity index (χ2n) is 5.61. The second kappa shape index (κ2) is 7.41. The number of carbonyl (C=O) groups is 2. The van der Waals surface area contributed by atoms with Gasteiger partial charge in [0.15, 0.2) is 0 Å². The molecule has 0 unspecified atom stereocenters. The molecule has 0 saturated carbocycles. The quantitative estimate of drug-likeness (QED) is 0.872. The van der Waals surface area contributed by atoms with Gasteiger partial charge in [-0.05, 0) is 42.3 Å². The Morgan fingerprint density at radius 2 is 2.04 bits per heavy atom. The summed E-state index contributed by atoms with van der Waals surface area (Å²) in [4.78, 5) is 29.4. The largest absolute Gasteiger partial charge is 0.312 e. The van der Waals surface area contributed by atoms with E-state index in [1.165, 1.54) is 12.3 Å². The predicted octanol–water partition coefficient (Wildman–Crippen LogP) is 2.73. The van der Waals surface area contributed by atoms with Crippen molar-refractivity contribution in [2.75, 3.05) is 16.8 Å². The number of nitriles is 1. The highest BCUT2D eigenvalue weighted by molar-refractivity contribution is 6.01. The second-order valence-corrected chi connectivity index (χ2v) is 5.61. The van der Waals surface area contributed by atoms with Gasteiger partial charge in [-0.2, -0.15) is 5.26 Å². The maximum Gasteiger partial charge on any atom is 0.249 e. The van der Waals surface area contributed by atoms with Crippen LogP contribution in [0.15, 0.2) is 48.7 Å². The van der Waals surface area contributed by atoms with E-state index in [-0.39, 0.29) is 11.8 Å². The lowest BCUT2D eigenvalue weighted by molar-refractivity contribution is -0.117. The van der Waals surface area contributed by atoms with Crippen LogP contribution in [-0.2, 0) is 9.59 Å². The van der Waals surface area contributed by atoms with Crippen LogP contribution in [-0.4, -0.2) is 23.3 Å². The molecule has 3 rings (SSSR count). The van der Waals surface area contributed by atoms with Gasteiger partial charge in [0.2, 0.25) is 11.8 Å². The minimum atomic E-state index is -0.309. The van der Waals surface area contributed by atoms with Gasteiger partial charge < -0.3 is 10.2 Å². The molecule has 2 aromatic rings. The molecule has 6 nitrogen and oxygen atoms in total. The van der Waals surface area contributed by atoms with Gasteiger partial charge in [0.05, 0.1) is 5.56 Å². The number of rotatable bonds is 4. The smallest absolute Gasteiger partial charge is 0.249 e. The Bertz CT molecular complexity index is 848. The number of benzene rings is 1. The van der Waals surface area contributed by atoms with Crippen LogP contribution >= 0.6 is 0 Å². The standard InChI is InChI=1S/C19H16N4O2/c20-12-15-5-9-17(21-13-15)22-18(24)10-6-14-3-7-16(8-4-14)23-11-1-2-19(23)25/h3-10,13H,1-2,11H2,(H,21,22,24)/b10-6-.